The van der Waals surface area contributed by atoms with Gasteiger partial charge in [-0.25, -0.2) is 4.39 Å². The quantitative estimate of drug-likeness (QED) is 0.805. The molecule has 1 unspecified atom stereocenters. The van der Waals surface area contributed by atoms with Crippen LogP contribution in [0.15, 0.2) is 18.2 Å². The number of likely N-dealkylation sites (tertiary alicyclic amines) is 1. The third-order valence-corrected chi connectivity index (χ3v) is 3.73. The van der Waals surface area contributed by atoms with Crippen molar-refractivity contribution in [3.8, 4) is 0 Å². The van der Waals surface area contributed by atoms with Gasteiger partial charge in [-0.3, -0.25) is 9.59 Å². The third kappa shape index (κ3) is 3.60. The molecule has 0 bridgehead atoms. The smallest absolute Gasteiger partial charge is 0.310 e. The highest BCUT2D eigenvalue weighted by Gasteiger charge is 2.29. The number of ether oxygens (including phenoxy) is 1. The Morgan fingerprint density at radius 3 is 2.86 bits per heavy atom. The summed E-state index contributed by atoms with van der Waals surface area (Å²) in [4.78, 5) is 25.9. The van der Waals surface area contributed by atoms with Crippen LogP contribution in [0.2, 0.25) is 0 Å². The van der Waals surface area contributed by atoms with Crippen LogP contribution in [-0.2, 0) is 9.53 Å². The second kappa shape index (κ2) is 6.70. The molecule has 21 heavy (non-hydrogen) atoms. The number of nitrogens with zero attached hydrogens (tertiary/aromatic N) is 1. The number of hydrogen-bond acceptors (Lipinski definition) is 3. The van der Waals surface area contributed by atoms with E-state index in [-0.39, 0.29) is 23.6 Å². The van der Waals surface area contributed by atoms with Gasteiger partial charge in [-0.1, -0.05) is 0 Å². The van der Waals surface area contributed by atoms with E-state index in [1.165, 1.54) is 12.1 Å². The van der Waals surface area contributed by atoms with Crippen molar-refractivity contribution in [3.05, 3.63) is 35.1 Å². The van der Waals surface area contributed by atoms with Gasteiger partial charge in [-0.2, -0.15) is 0 Å². The van der Waals surface area contributed by atoms with E-state index in [2.05, 4.69) is 0 Å². The number of hydrogen-bond donors (Lipinski definition) is 0. The predicted octanol–water partition coefficient (Wildman–Crippen LogP) is 2.55. The average molecular weight is 293 g/mol. The molecule has 1 fully saturated rings. The highest BCUT2D eigenvalue weighted by molar-refractivity contribution is 5.94. The lowest BCUT2D eigenvalue weighted by Gasteiger charge is -2.31. The van der Waals surface area contributed by atoms with Crippen LogP contribution < -0.4 is 0 Å². The minimum Gasteiger partial charge on any atom is -0.466 e. The fourth-order valence-corrected chi connectivity index (χ4v) is 2.57. The molecule has 5 heteroatoms. The molecule has 0 aliphatic carbocycles. The van der Waals surface area contributed by atoms with Gasteiger partial charge in [0.25, 0.3) is 5.91 Å². The number of carbonyl (C=O) groups excluding carboxylic acids is 2. The number of halogens is 1. The van der Waals surface area contributed by atoms with E-state index in [1.54, 1.807) is 24.8 Å². The van der Waals surface area contributed by atoms with Crippen molar-refractivity contribution >= 4 is 11.9 Å². The minimum absolute atomic E-state index is 0.160. The molecule has 2 rings (SSSR count). The predicted molar refractivity (Wildman–Crippen MR) is 76.4 cm³/mol. The molecular weight excluding hydrogens is 273 g/mol. The van der Waals surface area contributed by atoms with Crippen molar-refractivity contribution in [1.82, 2.24) is 4.90 Å². The van der Waals surface area contributed by atoms with Crippen LogP contribution >= 0.6 is 0 Å². The van der Waals surface area contributed by atoms with Crippen molar-refractivity contribution < 1.29 is 18.7 Å². The Balaban J connectivity index is 2.08. The number of esters is 1. The van der Waals surface area contributed by atoms with Crippen LogP contribution in [0.3, 0.4) is 0 Å². The molecule has 0 aromatic heterocycles. The van der Waals surface area contributed by atoms with E-state index in [1.807, 2.05) is 0 Å². The summed E-state index contributed by atoms with van der Waals surface area (Å²) in [6, 6.07) is 4.33. The van der Waals surface area contributed by atoms with Crippen molar-refractivity contribution in [2.24, 2.45) is 5.92 Å². The van der Waals surface area contributed by atoms with E-state index >= 15 is 0 Å². The molecule has 1 saturated heterocycles. The van der Waals surface area contributed by atoms with Gasteiger partial charge < -0.3 is 9.64 Å². The van der Waals surface area contributed by atoms with Gasteiger partial charge in [-0.05, 0) is 50.5 Å². The van der Waals surface area contributed by atoms with E-state index in [0.717, 1.165) is 12.8 Å². The van der Waals surface area contributed by atoms with Crippen LogP contribution in [-0.4, -0.2) is 36.5 Å². The van der Waals surface area contributed by atoms with Crippen molar-refractivity contribution in [3.63, 3.8) is 0 Å². The summed E-state index contributed by atoms with van der Waals surface area (Å²) in [7, 11) is 0. The van der Waals surface area contributed by atoms with Gasteiger partial charge in [0.15, 0.2) is 0 Å². The standard InChI is InChI=1S/C16H20FNO3/c1-3-21-16(20)13-5-4-8-18(10-13)15(19)12-6-7-14(17)11(2)9-12/h6-7,9,13H,3-5,8,10H2,1-2H3. The van der Waals surface area contributed by atoms with Gasteiger partial charge in [0.1, 0.15) is 5.82 Å². The Kier molecular flexibility index (Phi) is 4.94. The zero-order valence-electron chi connectivity index (χ0n) is 12.4. The van der Waals surface area contributed by atoms with E-state index in [0.29, 0.717) is 30.8 Å². The normalized spacial score (nSPS) is 18.4. The van der Waals surface area contributed by atoms with Gasteiger partial charge >= 0.3 is 5.97 Å². The van der Waals surface area contributed by atoms with Crippen LogP contribution in [0.1, 0.15) is 35.7 Å². The first-order chi connectivity index (χ1) is 10.0. The summed E-state index contributed by atoms with van der Waals surface area (Å²) in [5.74, 6) is -0.990. The maximum absolute atomic E-state index is 13.3. The topological polar surface area (TPSA) is 46.6 Å². The summed E-state index contributed by atoms with van der Waals surface area (Å²) in [5, 5.41) is 0. The molecule has 1 aliphatic rings. The summed E-state index contributed by atoms with van der Waals surface area (Å²) >= 11 is 0. The summed E-state index contributed by atoms with van der Waals surface area (Å²) in [6.07, 6.45) is 1.51. The molecule has 114 valence electrons. The number of amides is 1. The first-order valence-corrected chi connectivity index (χ1v) is 7.25. The van der Waals surface area contributed by atoms with E-state index < -0.39 is 0 Å². The van der Waals surface area contributed by atoms with Crippen molar-refractivity contribution in [2.75, 3.05) is 19.7 Å². The Morgan fingerprint density at radius 1 is 1.43 bits per heavy atom. The maximum Gasteiger partial charge on any atom is 0.310 e. The average Bonchev–Trinajstić information content (AvgIpc) is 2.49. The molecule has 1 aromatic carbocycles. The summed E-state index contributed by atoms with van der Waals surface area (Å²) < 4.78 is 18.3. The van der Waals surface area contributed by atoms with Gasteiger partial charge in [0, 0.05) is 18.7 Å². The van der Waals surface area contributed by atoms with Gasteiger partial charge in [-0.15, -0.1) is 0 Å². The van der Waals surface area contributed by atoms with E-state index in [4.69, 9.17) is 4.74 Å². The minimum atomic E-state index is -0.324. The number of aryl methyl sites for hydroxylation is 1. The molecule has 0 saturated carbocycles. The molecule has 1 aliphatic heterocycles. The second-order valence-corrected chi connectivity index (χ2v) is 5.31. The number of benzene rings is 1. The molecule has 4 nitrogen and oxygen atoms in total. The number of carbonyl (C=O) groups is 2. The largest absolute Gasteiger partial charge is 0.466 e. The Bertz CT molecular complexity index is 544. The monoisotopic (exact) mass is 293 g/mol. The zero-order valence-corrected chi connectivity index (χ0v) is 12.4. The first-order valence-electron chi connectivity index (χ1n) is 7.25. The van der Waals surface area contributed by atoms with Crippen LogP contribution in [0.4, 0.5) is 4.39 Å². The third-order valence-electron chi connectivity index (χ3n) is 3.73. The molecular formula is C16H20FNO3. The molecule has 1 heterocycles. The number of piperidine rings is 1. The molecule has 0 N–H and O–H groups in total. The highest BCUT2D eigenvalue weighted by atomic mass is 19.1. The molecule has 1 aromatic rings. The number of rotatable bonds is 3. The van der Waals surface area contributed by atoms with Crippen molar-refractivity contribution in [1.29, 1.82) is 0 Å². The Labute approximate surface area is 123 Å². The Morgan fingerprint density at radius 2 is 2.19 bits per heavy atom. The van der Waals surface area contributed by atoms with Crippen LogP contribution in [0.5, 0.6) is 0 Å². The second-order valence-electron chi connectivity index (χ2n) is 5.31. The van der Waals surface area contributed by atoms with Crippen LogP contribution in [0.25, 0.3) is 0 Å². The highest BCUT2D eigenvalue weighted by Crippen LogP contribution is 2.20. The molecule has 1 amide bonds. The lowest BCUT2D eigenvalue weighted by Crippen LogP contribution is -2.42. The Hall–Kier alpha value is -1.91. The fourth-order valence-electron chi connectivity index (χ4n) is 2.57. The molecule has 0 radical (unpaired) electrons. The van der Waals surface area contributed by atoms with Gasteiger partial charge in [0.05, 0.1) is 12.5 Å². The van der Waals surface area contributed by atoms with Crippen LogP contribution in [0, 0.1) is 18.7 Å². The summed E-state index contributed by atoms with van der Waals surface area (Å²) in [6.45, 7) is 4.73. The molecule has 0 spiro atoms. The van der Waals surface area contributed by atoms with Gasteiger partial charge in [0.2, 0.25) is 0 Å². The zero-order chi connectivity index (χ0) is 15.4. The van der Waals surface area contributed by atoms with Crippen molar-refractivity contribution in [2.45, 2.75) is 26.7 Å². The van der Waals surface area contributed by atoms with E-state index in [9.17, 15) is 14.0 Å². The lowest BCUT2D eigenvalue weighted by molar-refractivity contribution is -0.149. The maximum atomic E-state index is 13.3. The fraction of sp³-hybridized carbons (Fsp3) is 0.500. The molecule has 1 atom stereocenters. The lowest BCUT2D eigenvalue weighted by atomic mass is 9.97. The summed E-state index contributed by atoms with van der Waals surface area (Å²) in [5.41, 5.74) is 0.901. The SMILES string of the molecule is CCOC(=O)C1CCCN(C(=O)c2ccc(F)c(C)c2)C1. The first kappa shape index (κ1) is 15.5.